The fourth-order valence-electron chi connectivity index (χ4n) is 4.14. The minimum atomic E-state index is 0.530. The standard InChI is InChI=1S/C25H31BrN8/c1-17(34-12-10-33(2)11-13-34)6-7-18-4-3-5-20(14-18)28-25-27-16-21(26)24(30-25)29-23-15-22(31-32-23)19-8-9-19/h3-5,14-16,19H,1,6-13H2,2H3,(H3,27,28,29,30,31,32). The van der Waals surface area contributed by atoms with Crippen molar-refractivity contribution in [2.45, 2.75) is 31.6 Å². The zero-order chi connectivity index (χ0) is 23.5. The van der Waals surface area contributed by atoms with E-state index in [1.807, 2.05) is 6.07 Å². The molecule has 3 N–H and O–H groups in total. The molecule has 3 heterocycles. The number of aromatic nitrogens is 4. The molecule has 0 spiro atoms. The van der Waals surface area contributed by atoms with Crippen molar-refractivity contribution in [2.75, 3.05) is 43.9 Å². The minimum Gasteiger partial charge on any atom is -0.373 e. The fourth-order valence-corrected chi connectivity index (χ4v) is 4.43. The molecule has 1 aromatic carbocycles. The molecule has 0 atom stereocenters. The van der Waals surface area contributed by atoms with Gasteiger partial charge in [-0.3, -0.25) is 5.10 Å². The molecule has 8 nitrogen and oxygen atoms in total. The topological polar surface area (TPSA) is 85.0 Å². The summed E-state index contributed by atoms with van der Waals surface area (Å²) in [4.78, 5) is 13.9. The van der Waals surface area contributed by atoms with E-state index in [-0.39, 0.29) is 0 Å². The van der Waals surface area contributed by atoms with Crippen molar-refractivity contribution < 1.29 is 0 Å². The van der Waals surface area contributed by atoms with E-state index < -0.39 is 0 Å². The number of nitrogens with one attached hydrogen (secondary N) is 3. The summed E-state index contributed by atoms with van der Waals surface area (Å²) in [5, 5.41) is 14.1. The highest BCUT2D eigenvalue weighted by atomic mass is 79.9. The van der Waals surface area contributed by atoms with Gasteiger partial charge in [-0.2, -0.15) is 10.1 Å². The van der Waals surface area contributed by atoms with Gasteiger partial charge in [-0.25, -0.2) is 4.98 Å². The zero-order valence-corrected chi connectivity index (χ0v) is 21.1. The quantitative estimate of drug-likeness (QED) is 0.363. The Balaban J connectivity index is 1.20. The molecule has 178 valence electrons. The number of aryl methyl sites for hydroxylation is 1. The van der Waals surface area contributed by atoms with Crippen LogP contribution in [0, 0.1) is 0 Å². The molecule has 1 aliphatic carbocycles. The highest BCUT2D eigenvalue weighted by molar-refractivity contribution is 9.10. The molecule has 34 heavy (non-hydrogen) atoms. The number of halogens is 1. The summed E-state index contributed by atoms with van der Waals surface area (Å²) >= 11 is 3.54. The van der Waals surface area contributed by atoms with Crippen molar-refractivity contribution in [3.63, 3.8) is 0 Å². The highest BCUT2D eigenvalue weighted by Crippen LogP contribution is 2.39. The molecule has 9 heteroatoms. The van der Waals surface area contributed by atoms with E-state index in [1.54, 1.807) is 6.20 Å². The number of hydrogen-bond acceptors (Lipinski definition) is 7. The van der Waals surface area contributed by atoms with E-state index in [2.05, 4.69) is 94.4 Å². The van der Waals surface area contributed by atoms with Gasteiger partial charge in [0.1, 0.15) is 0 Å². The Kier molecular flexibility index (Phi) is 6.82. The van der Waals surface area contributed by atoms with Crippen LogP contribution in [0.15, 0.2) is 53.3 Å². The van der Waals surface area contributed by atoms with Gasteiger partial charge < -0.3 is 20.4 Å². The van der Waals surface area contributed by atoms with E-state index in [9.17, 15) is 0 Å². The van der Waals surface area contributed by atoms with Crippen molar-refractivity contribution in [1.29, 1.82) is 0 Å². The maximum atomic E-state index is 4.64. The first-order chi connectivity index (χ1) is 16.5. The second-order valence-electron chi connectivity index (χ2n) is 9.18. The lowest BCUT2D eigenvalue weighted by atomic mass is 10.1. The monoisotopic (exact) mass is 522 g/mol. The van der Waals surface area contributed by atoms with Crippen LogP contribution in [0.3, 0.4) is 0 Å². The third kappa shape index (κ3) is 5.77. The Labute approximate surface area is 209 Å². The van der Waals surface area contributed by atoms with Gasteiger partial charge in [0, 0.05) is 61.4 Å². The van der Waals surface area contributed by atoms with Crippen LogP contribution in [0.5, 0.6) is 0 Å². The van der Waals surface area contributed by atoms with Crippen molar-refractivity contribution in [2.24, 2.45) is 0 Å². The van der Waals surface area contributed by atoms with E-state index in [0.29, 0.717) is 17.7 Å². The molecule has 0 unspecified atom stereocenters. The van der Waals surface area contributed by atoms with Gasteiger partial charge in [0.2, 0.25) is 5.95 Å². The van der Waals surface area contributed by atoms with Gasteiger partial charge in [0.15, 0.2) is 11.6 Å². The molecule has 2 fully saturated rings. The summed E-state index contributed by atoms with van der Waals surface area (Å²) in [5.74, 6) is 2.59. The molecule has 1 saturated heterocycles. The van der Waals surface area contributed by atoms with E-state index >= 15 is 0 Å². The number of benzene rings is 1. The Morgan fingerprint density at radius 3 is 2.79 bits per heavy atom. The first-order valence-corrected chi connectivity index (χ1v) is 12.6. The molecule has 0 amide bonds. The van der Waals surface area contributed by atoms with Crippen LogP contribution in [0.4, 0.5) is 23.3 Å². The molecule has 1 saturated carbocycles. The Morgan fingerprint density at radius 2 is 2.00 bits per heavy atom. The second-order valence-corrected chi connectivity index (χ2v) is 10.0. The summed E-state index contributed by atoms with van der Waals surface area (Å²) < 4.78 is 0.783. The second kappa shape index (κ2) is 10.1. The number of likely N-dealkylation sites (N-methyl/N-ethyl adjacent to an activating group) is 1. The lowest BCUT2D eigenvalue weighted by Gasteiger charge is -2.35. The summed E-state index contributed by atoms with van der Waals surface area (Å²) in [7, 11) is 2.18. The molecule has 0 bridgehead atoms. The molecule has 0 radical (unpaired) electrons. The van der Waals surface area contributed by atoms with Gasteiger partial charge in [-0.15, -0.1) is 0 Å². The molecular formula is C25H31BrN8. The van der Waals surface area contributed by atoms with Gasteiger partial charge in [-0.05, 0) is 66.4 Å². The number of hydrogen-bond donors (Lipinski definition) is 3. The predicted molar refractivity (Wildman–Crippen MR) is 140 cm³/mol. The van der Waals surface area contributed by atoms with Crippen LogP contribution in [-0.4, -0.2) is 63.2 Å². The maximum Gasteiger partial charge on any atom is 0.229 e. The Morgan fingerprint density at radius 1 is 1.18 bits per heavy atom. The molecule has 3 aromatic rings. The van der Waals surface area contributed by atoms with Crippen molar-refractivity contribution in [1.82, 2.24) is 30.0 Å². The van der Waals surface area contributed by atoms with E-state index in [0.717, 1.165) is 55.0 Å². The number of nitrogens with zero attached hydrogens (tertiary/aromatic N) is 5. The number of piperazine rings is 1. The largest absolute Gasteiger partial charge is 0.373 e. The van der Waals surface area contributed by atoms with Crippen molar-refractivity contribution in [3.8, 4) is 0 Å². The van der Waals surface area contributed by atoms with E-state index in [1.165, 1.54) is 29.8 Å². The van der Waals surface area contributed by atoms with Crippen LogP contribution >= 0.6 is 15.9 Å². The van der Waals surface area contributed by atoms with Gasteiger partial charge in [-0.1, -0.05) is 18.7 Å². The van der Waals surface area contributed by atoms with Gasteiger partial charge in [0.05, 0.1) is 4.47 Å². The Bertz CT molecular complexity index is 1150. The van der Waals surface area contributed by atoms with Crippen LogP contribution in [0.1, 0.15) is 36.4 Å². The van der Waals surface area contributed by atoms with Crippen LogP contribution in [0.2, 0.25) is 0 Å². The first-order valence-electron chi connectivity index (χ1n) is 11.9. The van der Waals surface area contributed by atoms with Gasteiger partial charge >= 0.3 is 0 Å². The predicted octanol–water partition coefficient (Wildman–Crippen LogP) is 5.02. The van der Waals surface area contributed by atoms with Crippen molar-refractivity contribution >= 4 is 39.2 Å². The van der Waals surface area contributed by atoms with Crippen LogP contribution in [0.25, 0.3) is 0 Å². The lowest BCUT2D eigenvalue weighted by molar-refractivity contribution is 0.183. The molecular weight excluding hydrogens is 492 g/mol. The third-order valence-electron chi connectivity index (χ3n) is 6.44. The average Bonchev–Trinajstić information content (AvgIpc) is 3.59. The maximum absolute atomic E-state index is 4.64. The molecule has 5 rings (SSSR count). The summed E-state index contributed by atoms with van der Waals surface area (Å²) in [6.45, 7) is 8.66. The van der Waals surface area contributed by atoms with Crippen LogP contribution < -0.4 is 10.6 Å². The highest BCUT2D eigenvalue weighted by Gasteiger charge is 2.25. The minimum absolute atomic E-state index is 0.530. The SMILES string of the molecule is C=C(CCc1cccc(Nc2ncc(Br)c(Nc3cc(C4CC4)[nH]n3)n2)c1)N1CCN(C)CC1. The summed E-state index contributed by atoms with van der Waals surface area (Å²) in [6.07, 6.45) is 6.13. The average molecular weight is 523 g/mol. The zero-order valence-electron chi connectivity index (χ0n) is 19.5. The Hall–Kier alpha value is -2.91. The number of allylic oxidation sites excluding steroid dienone is 1. The lowest BCUT2D eigenvalue weighted by Crippen LogP contribution is -2.43. The van der Waals surface area contributed by atoms with Crippen molar-refractivity contribution in [3.05, 3.63) is 64.5 Å². The molecule has 1 aliphatic heterocycles. The normalized spacial score (nSPS) is 16.5. The number of aromatic amines is 1. The number of anilines is 4. The van der Waals surface area contributed by atoms with Crippen LogP contribution in [-0.2, 0) is 6.42 Å². The third-order valence-corrected chi connectivity index (χ3v) is 7.02. The smallest absolute Gasteiger partial charge is 0.229 e. The number of H-pyrrole nitrogens is 1. The molecule has 2 aromatic heterocycles. The van der Waals surface area contributed by atoms with E-state index in [4.69, 9.17) is 0 Å². The summed E-state index contributed by atoms with van der Waals surface area (Å²) in [5.41, 5.74) is 4.63. The first kappa shape index (κ1) is 22.9. The fraction of sp³-hybridized carbons (Fsp3) is 0.400. The molecule has 2 aliphatic rings. The van der Waals surface area contributed by atoms with Gasteiger partial charge in [0.25, 0.3) is 0 Å². The number of rotatable bonds is 9. The summed E-state index contributed by atoms with van der Waals surface area (Å²) in [6, 6.07) is 10.5.